The molecule has 0 spiro atoms. The van der Waals surface area contributed by atoms with Gasteiger partial charge >= 0.3 is 24.3 Å². The second-order valence-electron chi connectivity index (χ2n) is 14.0. The summed E-state index contributed by atoms with van der Waals surface area (Å²) in [5, 5.41) is 11.3. The number of nitrogens with zero attached hydrogens (tertiary/aromatic N) is 2. The molecule has 1 N–H and O–H groups in total. The fraction of sp³-hybridized carbons (Fsp3) is 0.421. The number of carbonyl (C=O) groups excluding carboxylic acids is 3. The second kappa shape index (κ2) is 13.6. The van der Waals surface area contributed by atoms with E-state index in [2.05, 4.69) is 0 Å². The van der Waals surface area contributed by atoms with Crippen LogP contribution >= 0.6 is 0 Å². The van der Waals surface area contributed by atoms with E-state index in [9.17, 15) is 45.8 Å². The van der Waals surface area contributed by atoms with Crippen LogP contribution in [-0.4, -0.2) is 72.8 Å². The summed E-state index contributed by atoms with van der Waals surface area (Å²) < 4.78 is 90.2. The Balaban J connectivity index is 1.58. The lowest BCUT2D eigenvalue weighted by atomic mass is 9.77. The van der Waals surface area contributed by atoms with Crippen LogP contribution < -0.4 is 4.90 Å². The third-order valence-electron chi connectivity index (χ3n) is 9.87. The highest BCUT2D eigenvalue weighted by atomic mass is 19.4. The number of allylic oxidation sites excluding steroid dienone is 5. The predicted octanol–water partition coefficient (Wildman–Crippen LogP) is 8.32. The Morgan fingerprint density at radius 1 is 0.827 bits per heavy atom. The fourth-order valence-electron chi connectivity index (χ4n) is 7.10. The van der Waals surface area contributed by atoms with Crippen LogP contribution in [-0.2, 0) is 25.1 Å². The van der Waals surface area contributed by atoms with Crippen LogP contribution in [0.1, 0.15) is 85.2 Å². The number of rotatable bonds is 10. The van der Waals surface area contributed by atoms with Crippen molar-refractivity contribution in [3.8, 4) is 0 Å². The number of fused-ring (bicyclic) bond motifs is 2. The lowest BCUT2D eigenvalue weighted by Gasteiger charge is -2.29. The molecular weight excluding hydrogens is 694 g/mol. The topological polar surface area (TPSA) is 96.2 Å². The molecule has 0 radical (unpaired) electrons. The molecule has 1 aliphatic carbocycles. The lowest BCUT2D eigenvalue weighted by Crippen LogP contribution is -2.32. The molecule has 2 heterocycles. The summed E-state index contributed by atoms with van der Waals surface area (Å²) >= 11 is 0. The van der Waals surface area contributed by atoms with Crippen molar-refractivity contribution in [2.24, 2.45) is 0 Å². The van der Waals surface area contributed by atoms with Gasteiger partial charge in [0.2, 0.25) is 11.5 Å². The van der Waals surface area contributed by atoms with E-state index in [0.29, 0.717) is 33.9 Å². The van der Waals surface area contributed by atoms with E-state index < -0.39 is 53.7 Å². The Kier molecular flexibility index (Phi) is 10.0. The number of esters is 2. The minimum Gasteiger partial charge on any atom is -0.506 e. The number of ketones is 1. The summed E-state index contributed by atoms with van der Waals surface area (Å²) in [6.07, 6.45) is -8.56. The van der Waals surface area contributed by atoms with Gasteiger partial charge in [-0.3, -0.25) is 4.79 Å². The number of halogens is 6. The zero-order valence-electron chi connectivity index (χ0n) is 29.5. The van der Waals surface area contributed by atoms with Crippen LogP contribution in [0.5, 0.6) is 0 Å². The Morgan fingerprint density at radius 3 is 1.94 bits per heavy atom. The van der Waals surface area contributed by atoms with Crippen molar-refractivity contribution in [3.63, 3.8) is 0 Å². The van der Waals surface area contributed by atoms with Crippen LogP contribution in [0.3, 0.4) is 0 Å². The highest BCUT2D eigenvalue weighted by molar-refractivity contribution is 6.24. The molecule has 0 saturated carbocycles. The molecule has 0 unspecified atom stereocenters. The summed E-state index contributed by atoms with van der Waals surface area (Å²) in [7, 11) is 2.45. The number of Topliss-reactive ketones (excluding diaryl/α,β-unsaturated/α-hetero) is 1. The van der Waals surface area contributed by atoms with Crippen molar-refractivity contribution in [1.82, 2.24) is 0 Å². The number of benzene rings is 2. The quantitative estimate of drug-likeness (QED) is 0.114. The number of methoxy groups -OCH3 is 2. The number of anilines is 1. The van der Waals surface area contributed by atoms with Gasteiger partial charge in [0, 0.05) is 60.3 Å². The molecule has 8 nitrogen and oxygen atoms in total. The van der Waals surface area contributed by atoms with Crippen molar-refractivity contribution in [1.29, 1.82) is 0 Å². The number of aliphatic hydroxyl groups excluding tert-OH is 1. The van der Waals surface area contributed by atoms with E-state index in [1.807, 2.05) is 0 Å². The highest BCUT2D eigenvalue weighted by Gasteiger charge is 2.48. The molecule has 3 aliphatic rings. The number of hydrogen-bond acceptors (Lipinski definition) is 7. The number of alkyl halides is 6. The Morgan fingerprint density at radius 2 is 1.38 bits per heavy atom. The number of aliphatic hydroxyl groups is 1. The van der Waals surface area contributed by atoms with E-state index >= 15 is 0 Å². The summed E-state index contributed by atoms with van der Waals surface area (Å²) in [5.41, 5.74) is 1.55. The van der Waals surface area contributed by atoms with Crippen LogP contribution in [0, 0.1) is 0 Å². The SMILES string of the molecule is COC(=O)c1ccc2c(c1)C(C)(C)C(/C=C1/C(=O)C(/C=C3/N(CCCC(F)(F)F)c4ccc(C(=O)OC)cc4C3(C)C)=C1O)=[N+]2CCCC(F)(F)F. The molecule has 0 amide bonds. The summed E-state index contributed by atoms with van der Waals surface area (Å²) in [6, 6.07) is 9.40. The molecule has 52 heavy (non-hydrogen) atoms. The van der Waals surface area contributed by atoms with Gasteiger partial charge in [0.25, 0.3) is 0 Å². The van der Waals surface area contributed by atoms with E-state index in [-0.39, 0.29) is 54.0 Å². The maximum Gasteiger partial charge on any atom is 0.389 e. The monoisotopic (exact) mass is 733 g/mol. The minimum atomic E-state index is -4.39. The van der Waals surface area contributed by atoms with Gasteiger partial charge < -0.3 is 19.5 Å². The molecule has 2 aromatic rings. The lowest BCUT2D eigenvalue weighted by molar-refractivity contribution is -0.439. The maximum atomic E-state index is 13.8. The van der Waals surface area contributed by atoms with Crippen molar-refractivity contribution in [2.75, 3.05) is 32.2 Å². The zero-order chi connectivity index (χ0) is 38.6. The van der Waals surface area contributed by atoms with Gasteiger partial charge in [0.1, 0.15) is 12.3 Å². The average molecular weight is 734 g/mol. The minimum absolute atomic E-state index is 0.0743. The van der Waals surface area contributed by atoms with E-state index in [0.717, 1.165) is 0 Å². The van der Waals surface area contributed by atoms with Gasteiger partial charge in [0.05, 0.1) is 41.9 Å². The van der Waals surface area contributed by atoms with E-state index in [4.69, 9.17) is 9.47 Å². The molecule has 5 rings (SSSR count). The Hall–Kier alpha value is -4.88. The largest absolute Gasteiger partial charge is 0.506 e. The Labute approximate surface area is 296 Å². The van der Waals surface area contributed by atoms with Crippen LogP contribution in [0.15, 0.2) is 71.2 Å². The fourth-order valence-corrected chi connectivity index (χ4v) is 7.10. The Bertz CT molecular complexity index is 1970. The molecule has 0 bridgehead atoms. The van der Waals surface area contributed by atoms with Gasteiger partial charge in [-0.1, -0.05) is 13.8 Å². The van der Waals surface area contributed by atoms with Gasteiger partial charge in [0.15, 0.2) is 5.71 Å². The van der Waals surface area contributed by atoms with Gasteiger partial charge in [-0.05, 0) is 62.2 Å². The van der Waals surface area contributed by atoms with Crippen molar-refractivity contribution in [2.45, 2.75) is 76.6 Å². The molecule has 2 aromatic carbocycles. The molecular formula is C38H39F6N2O6+. The number of carbonyl (C=O) groups is 3. The second-order valence-corrected chi connectivity index (χ2v) is 14.0. The summed E-state index contributed by atoms with van der Waals surface area (Å²) in [5.74, 6) is -2.17. The third kappa shape index (κ3) is 7.11. The summed E-state index contributed by atoms with van der Waals surface area (Å²) in [6.45, 7) is 7.00. The van der Waals surface area contributed by atoms with E-state index in [1.165, 1.54) is 38.5 Å². The average Bonchev–Trinajstić information content (AvgIpc) is 3.41. The molecule has 14 heteroatoms. The van der Waals surface area contributed by atoms with Crippen LogP contribution in [0.4, 0.5) is 37.7 Å². The normalized spacial score (nSPS) is 19.3. The molecule has 0 atom stereocenters. The van der Waals surface area contributed by atoms with Gasteiger partial charge in [-0.25, -0.2) is 9.59 Å². The standard InChI is InChI=1S/C38H38F6N2O6/c1-35(2)25-17-21(33(49)51-5)9-11-27(25)45(15-7-13-37(39,40)41)29(35)19-23-31(47)24(32(23)48)20-30-36(3,4)26-18-22(34(50)52-6)10-12-28(26)46(30)16-8-14-38(42,43)44/h9-12,17-20H,7-8,13-16H2,1-6H3/p+1. The molecule has 0 saturated heterocycles. The molecule has 0 fully saturated rings. The van der Waals surface area contributed by atoms with Gasteiger partial charge in [-0.15, -0.1) is 0 Å². The molecule has 278 valence electrons. The van der Waals surface area contributed by atoms with Crippen molar-refractivity contribution >= 4 is 34.8 Å². The van der Waals surface area contributed by atoms with E-state index in [1.54, 1.807) is 61.4 Å². The van der Waals surface area contributed by atoms with Crippen LogP contribution in [0.25, 0.3) is 0 Å². The smallest absolute Gasteiger partial charge is 0.389 e. The first kappa shape index (κ1) is 38.4. The molecule has 0 aromatic heterocycles. The summed E-state index contributed by atoms with van der Waals surface area (Å²) in [4.78, 5) is 40.1. The first-order valence-corrected chi connectivity index (χ1v) is 16.6. The van der Waals surface area contributed by atoms with Crippen LogP contribution in [0.2, 0.25) is 0 Å². The highest BCUT2D eigenvalue weighted by Crippen LogP contribution is 2.50. The predicted molar refractivity (Wildman–Crippen MR) is 180 cm³/mol. The maximum absolute atomic E-state index is 13.8. The third-order valence-corrected chi connectivity index (χ3v) is 9.87. The number of ether oxygens (including phenoxy) is 2. The first-order chi connectivity index (χ1) is 24.1. The number of hydrogen-bond donors (Lipinski definition) is 1. The van der Waals surface area contributed by atoms with Gasteiger partial charge in [-0.2, -0.15) is 30.9 Å². The van der Waals surface area contributed by atoms with Crippen molar-refractivity contribution in [3.05, 3.63) is 93.4 Å². The first-order valence-electron chi connectivity index (χ1n) is 16.6. The van der Waals surface area contributed by atoms with Crippen molar-refractivity contribution < 1.29 is 59.9 Å². The molecule has 2 aliphatic heterocycles. The zero-order valence-corrected chi connectivity index (χ0v) is 29.5.